The predicted octanol–water partition coefficient (Wildman–Crippen LogP) is 3.42. The Labute approximate surface area is 127 Å². The number of carbonyl (C=O) groups is 1. The third-order valence-corrected chi connectivity index (χ3v) is 3.63. The summed E-state index contributed by atoms with van der Waals surface area (Å²) in [4.78, 5) is 11.0. The van der Waals surface area contributed by atoms with Crippen molar-refractivity contribution in [3.63, 3.8) is 0 Å². The maximum absolute atomic E-state index is 14.1. The quantitative estimate of drug-likeness (QED) is 0.920. The number of aryl methyl sites for hydroxylation is 1. The Morgan fingerprint density at radius 3 is 2.62 bits per heavy atom. The van der Waals surface area contributed by atoms with Gasteiger partial charge < -0.3 is 5.11 Å². The third-order valence-electron chi connectivity index (χ3n) is 3.32. The molecule has 1 N–H and O–H groups in total. The van der Waals surface area contributed by atoms with Crippen molar-refractivity contribution in [1.82, 2.24) is 9.78 Å². The molecule has 0 aliphatic rings. The molecule has 21 heavy (non-hydrogen) atoms. The zero-order valence-corrected chi connectivity index (χ0v) is 12.6. The smallest absolute Gasteiger partial charge is 0.307 e. The lowest BCUT2D eigenvalue weighted by Crippen LogP contribution is -2.08. The largest absolute Gasteiger partial charge is 0.481 e. The molecule has 0 unspecified atom stereocenters. The van der Waals surface area contributed by atoms with Crippen molar-refractivity contribution in [1.29, 1.82) is 0 Å². The number of rotatable bonds is 5. The minimum atomic E-state index is -0.932. The van der Waals surface area contributed by atoms with Gasteiger partial charge >= 0.3 is 5.97 Å². The zero-order chi connectivity index (χ0) is 15.6. The van der Waals surface area contributed by atoms with E-state index in [-0.39, 0.29) is 17.1 Å². The Morgan fingerprint density at radius 2 is 2.10 bits per heavy atom. The van der Waals surface area contributed by atoms with Crippen LogP contribution in [0.15, 0.2) is 18.2 Å². The van der Waals surface area contributed by atoms with Gasteiger partial charge in [0.2, 0.25) is 0 Å². The molecular formula is C15H16ClFN2O2. The molecule has 2 rings (SSSR count). The number of nitrogens with zero attached hydrogens (tertiary/aromatic N) is 2. The molecule has 0 amide bonds. The van der Waals surface area contributed by atoms with E-state index in [1.165, 1.54) is 16.8 Å². The summed E-state index contributed by atoms with van der Waals surface area (Å²) in [5.41, 5.74) is 2.16. The molecule has 1 aromatic carbocycles. The molecule has 1 heterocycles. The van der Waals surface area contributed by atoms with E-state index in [4.69, 9.17) is 16.7 Å². The number of aromatic nitrogens is 2. The summed E-state index contributed by atoms with van der Waals surface area (Å²) in [5, 5.41) is 13.7. The molecule has 6 heteroatoms. The first-order valence-corrected chi connectivity index (χ1v) is 7.13. The highest BCUT2D eigenvalue weighted by molar-refractivity contribution is 6.32. The monoisotopic (exact) mass is 310 g/mol. The van der Waals surface area contributed by atoms with E-state index in [0.29, 0.717) is 29.8 Å². The minimum Gasteiger partial charge on any atom is -0.481 e. The maximum Gasteiger partial charge on any atom is 0.307 e. The van der Waals surface area contributed by atoms with Gasteiger partial charge in [0.05, 0.1) is 17.1 Å². The number of para-hydroxylation sites is 1. The van der Waals surface area contributed by atoms with Crippen LogP contribution in [0.25, 0.3) is 5.69 Å². The lowest BCUT2D eigenvalue weighted by Gasteiger charge is -2.10. The molecule has 112 valence electrons. The van der Waals surface area contributed by atoms with Crippen molar-refractivity contribution in [2.45, 2.75) is 33.1 Å². The van der Waals surface area contributed by atoms with E-state index in [9.17, 15) is 9.18 Å². The van der Waals surface area contributed by atoms with Gasteiger partial charge in [-0.3, -0.25) is 4.79 Å². The molecule has 0 aliphatic carbocycles. The molecule has 0 aliphatic heterocycles. The number of carboxylic acid groups (broad SMARTS) is 1. The van der Waals surface area contributed by atoms with E-state index < -0.39 is 11.8 Å². The number of hydrogen-bond acceptors (Lipinski definition) is 2. The third kappa shape index (κ3) is 2.93. The van der Waals surface area contributed by atoms with Crippen molar-refractivity contribution in [3.05, 3.63) is 46.0 Å². The van der Waals surface area contributed by atoms with E-state index in [1.54, 1.807) is 6.07 Å². The average Bonchev–Trinajstić information content (AvgIpc) is 2.75. The summed E-state index contributed by atoms with van der Waals surface area (Å²) in [6.45, 7) is 3.77. The SMILES string of the molecule is CCc1nn(-c2c(F)cccc2Cl)c(CC)c1CC(=O)O. The number of benzene rings is 1. The molecule has 2 aromatic rings. The lowest BCUT2D eigenvalue weighted by atomic mass is 10.1. The summed E-state index contributed by atoms with van der Waals surface area (Å²) >= 11 is 6.09. The van der Waals surface area contributed by atoms with E-state index >= 15 is 0 Å². The van der Waals surface area contributed by atoms with Crippen molar-refractivity contribution >= 4 is 17.6 Å². The first-order valence-electron chi connectivity index (χ1n) is 6.75. The topological polar surface area (TPSA) is 55.1 Å². The highest BCUT2D eigenvalue weighted by Gasteiger charge is 2.21. The lowest BCUT2D eigenvalue weighted by molar-refractivity contribution is -0.136. The number of aliphatic carboxylic acids is 1. The summed E-state index contributed by atoms with van der Waals surface area (Å²) < 4.78 is 15.5. The summed E-state index contributed by atoms with van der Waals surface area (Å²) in [6.07, 6.45) is 0.993. The molecular weight excluding hydrogens is 295 g/mol. The number of halogens is 2. The average molecular weight is 311 g/mol. The normalized spacial score (nSPS) is 10.9. The van der Waals surface area contributed by atoms with Crippen LogP contribution in [0.5, 0.6) is 0 Å². The van der Waals surface area contributed by atoms with Gasteiger partial charge in [-0.05, 0) is 25.0 Å². The molecule has 0 saturated heterocycles. The fourth-order valence-corrected chi connectivity index (χ4v) is 2.66. The molecule has 0 spiro atoms. The van der Waals surface area contributed by atoms with E-state index in [2.05, 4.69) is 5.10 Å². The van der Waals surface area contributed by atoms with Crippen molar-refractivity contribution < 1.29 is 14.3 Å². The van der Waals surface area contributed by atoms with Crippen LogP contribution in [0.3, 0.4) is 0 Å². The fraction of sp³-hybridized carbons (Fsp3) is 0.333. The van der Waals surface area contributed by atoms with Crippen LogP contribution < -0.4 is 0 Å². The highest BCUT2D eigenvalue weighted by atomic mass is 35.5. The van der Waals surface area contributed by atoms with Crippen molar-refractivity contribution in [2.24, 2.45) is 0 Å². The van der Waals surface area contributed by atoms with Crippen LogP contribution in [0.4, 0.5) is 4.39 Å². The second kappa shape index (κ2) is 6.26. The van der Waals surface area contributed by atoms with Gasteiger partial charge in [-0.25, -0.2) is 9.07 Å². The summed E-state index contributed by atoms with van der Waals surface area (Å²) in [6, 6.07) is 4.42. The summed E-state index contributed by atoms with van der Waals surface area (Å²) in [7, 11) is 0. The Morgan fingerprint density at radius 1 is 1.38 bits per heavy atom. The molecule has 0 radical (unpaired) electrons. The van der Waals surface area contributed by atoms with Crippen LogP contribution in [0, 0.1) is 5.82 Å². The van der Waals surface area contributed by atoms with Gasteiger partial charge in [0.15, 0.2) is 0 Å². The van der Waals surface area contributed by atoms with Crippen LogP contribution in [0.1, 0.15) is 30.8 Å². The first kappa shape index (κ1) is 15.5. The first-order chi connectivity index (χ1) is 9.99. The molecule has 0 saturated carbocycles. The molecule has 0 bridgehead atoms. The Balaban J connectivity index is 2.69. The van der Waals surface area contributed by atoms with Gasteiger partial charge in [-0.2, -0.15) is 5.10 Å². The van der Waals surface area contributed by atoms with Crippen LogP contribution in [-0.4, -0.2) is 20.9 Å². The Hall–Kier alpha value is -1.88. The second-order valence-electron chi connectivity index (χ2n) is 4.63. The fourth-order valence-electron chi connectivity index (χ4n) is 2.41. The number of carboxylic acids is 1. The predicted molar refractivity (Wildman–Crippen MR) is 78.6 cm³/mol. The van der Waals surface area contributed by atoms with Gasteiger partial charge in [-0.15, -0.1) is 0 Å². The van der Waals surface area contributed by atoms with Crippen LogP contribution in [-0.2, 0) is 24.1 Å². The molecule has 4 nitrogen and oxygen atoms in total. The zero-order valence-electron chi connectivity index (χ0n) is 11.9. The maximum atomic E-state index is 14.1. The van der Waals surface area contributed by atoms with E-state index in [0.717, 1.165) is 0 Å². The molecule has 0 fully saturated rings. The number of hydrogen-bond donors (Lipinski definition) is 1. The van der Waals surface area contributed by atoms with Gasteiger partial charge in [0, 0.05) is 11.3 Å². The standard InChI is InChI=1S/C15H16ClFN2O2/c1-3-12-9(8-14(20)21)13(4-2)19(18-12)15-10(16)6-5-7-11(15)17/h5-7H,3-4,8H2,1-2H3,(H,20,21). The second-order valence-corrected chi connectivity index (χ2v) is 5.04. The minimum absolute atomic E-state index is 0.127. The van der Waals surface area contributed by atoms with Gasteiger partial charge in [-0.1, -0.05) is 31.5 Å². The van der Waals surface area contributed by atoms with Crippen molar-refractivity contribution in [2.75, 3.05) is 0 Å². The molecule has 1 aromatic heterocycles. The Kier molecular flexibility index (Phi) is 4.63. The summed E-state index contributed by atoms with van der Waals surface area (Å²) in [5.74, 6) is -1.41. The van der Waals surface area contributed by atoms with Gasteiger partial charge in [0.25, 0.3) is 0 Å². The van der Waals surface area contributed by atoms with E-state index in [1.807, 2.05) is 13.8 Å². The van der Waals surface area contributed by atoms with Crippen LogP contribution in [0.2, 0.25) is 5.02 Å². The van der Waals surface area contributed by atoms with Crippen LogP contribution >= 0.6 is 11.6 Å². The van der Waals surface area contributed by atoms with Crippen molar-refractivity contribution in [3.8, 4) is 5.69 Å². The van der Waals surface area contributed by atoms with Gasteiger partial charge in [0.1, 0.15) is 11.5 Å². The highest BCUT2D eigenvalue weighted by Crippen LogP contribution is 2.27. The molecule has 0 atom stereocenters. The Bertz CT molecular complexity index is 662.